The molecule has 1 aliphatic rings. The van der Waals surface area contributed by atoms with Crippen molar-refractivity contribution in [1.29, 1.82) is 0 Å². The number of carbonyl (C=O) groups excluding carboxylic acids is 2. The van der Waals surface area contributed by atoms with Crippen molar-refractivity contribution in [3.05, 3.63) is 0 Å². The molecule has 0 aromatic rings. The topological polar surface area (TPSA) is 43.4 Å². The summed E-state index contributed by atoms with van der Waals surface area (Å²) in [4.78, 5) is 21.8. The van der Waals surface area contributed by atoms with Gasteiger partial charge in [-0.2, -0.15) is 0 Å². The number of esters is 1. The van der Waals surface area contributed by atoms with Crippen molar-refractivity contribution in [3.63, 3.8) is 0 Å². The van der Waals surface area contributed by atoms with Gasteiger partial charge < -0.3 is 4.74 Å². The monoisotopic (exact) mass is 156 g/mol. The largest absolute Gasteiger partial charge is 0.461 e. The molecule has 2 atom stereocenters. The summed E-state index contributed by atoms with van der Waals surface area (Å²) in [7, 11) is 0. The summed E-state index contributed by atoms with van der Waals surface area (Å²) < 4.78 is 4.96. The number of rotatable bonds is 1. The molecule has 11 heavy (non-hydrogen) atoms. The van der Waals surface area contributed by atoms with Crippen LogP contribution in [0, 0.1) is 5.92 Å². The van der Waals surface area contributed by atoms with Crippen LogP contribution in [0.1, 0.15) is 26.7 Å². The fourth-order valence-corrected chi connectivity index (χ4v) is 1.26. The first-order chi connectivity index (χ1) is 5.15. The molecule has 0 aliphatic carbocycles. The Morgan fingerprint density at radius 3 is 2.73 bits per heavy atom. The molecular formula is C8H12O3. The van der Waals surface area contributed by atoms with Crippen LogP contribution in [0.4, 0.5) is 0 Å². The first kappa shape index (κ1) is 8.24. The van der Waals surface area contributed by atoms with Crippen molar-refractivity contribution in [2.24, 2.45) is 5.92 Å². The van der Waals surface area contributed by atoms with Gasteiger partial charge in [-0.25, -0.2) is 0 Å². The van der Waals surface area contributed by atoms with Crippen LogP contribution in [0.15, 0.2) is 0 Å². The Balaban J connectivity index is 2.66. The van der Waals surface area contributed by atoms with Crippen LogP contribution >= 0.6 is 0 Å². The van der Waals surface area contributed by atoms with Crippen LogP contribution in [0.25, 0.3) is 0 Å². The molecule has 0 unspecified atom stereocenters. The predicted octanol–water partition coefficient (Wildman–Crippen LogP) is 0.917. The zero-order valence-corrected chi connectivity index (χ0v) is 6.79. The van der Waals surface area contributed by atoms with Crippen molar-refractivity contribution >= 4 is 11.8 Å². The highest BCUT2D eigenvalue weighted by molar-refractivity contribution is 5.98. The maximum absolute atomic E-state index is 11.1. The molecule has 0 spiro atoms. The number of hydrogen-bond donors (Lipinski definition) is 0. The number of ether oxygens (including phenoxy) is 1. The molecule has 0 aromatic heterocycles. The van der Waals surface area contributed by atoms with Crippen LogP contribution in [0.5, 0.6) is 0 Å². The Morgan fingerprint density at radius 2 is 2.18 bits per heavy atom. The fourth-order valence-electron chi connectivity index (χ4n) is 1.26. The Labute approximate surface area is 65.7 Å². The van der Waals surface area contributed by atoms with E-state index in [0.717, 1.165) is 6.42 Å². The summed E-state index contributed by atoms with van der Waals surface area (Å²) in [6.45, 7) is 3.72. The molecule has 1 saturated heterocycles. The van der Waals surface area contributed by atoms with E-state index < -0.39 is 0 Å². The van der Waals surface area contributed by atoms with Gasteiger partial charge in [-0.15, -0.1) is 0 Å². The highest BCUT2D eigenvalue weighted by atomic mass is 16.5. The highest BCUT2D eigenvalue weighted by Gasteiger charge is 2.32. The van der Waals surface area contributed by atoms with Gasteiger partial charge >= 0.3 is 5.97 Å². The Bertz CT molecular complexity index is 186. The van der Waals surface area contributed by atoms with Gasteiger partial charge in [-0.1, -0.05) is 13.8 Å². The standard InChI is InChI=1S/C8H12O3/c1-3-7-5(2)6(9)4-8(10)11-7/h5,7H,3-4H2,1-2H3/t5-,7-/m1/s1. The van der Waals surface area contributed by atoms with Gasteiger partial charge in [0.1, 0.15) is 18.3 Å². The summed E-state index contributed by atoms with van der Waals surface area (Å²) in [5.74, 6) is -0.481. The summed E-state index contributed by atoms with van der Waals surface area (Å²) in [6, 6.07) is 0. The first-order valence-electron chi connectivity index (χ1n) is 3.87. The third-order valence-corrected chi connectivity index (χ3v) is 2.07. The summed E-state index contributed by atoms with van der Waals surface area (Å²) >= 11 is 0. The second kappa shape index (κ2) is 3.03. The average molecular weight is 156 g/mol. The first-order valence-corrected chi connectivity index (χ1v) is 3.87. The van der Waals surface area contributed by atoms with E-state index >= 15 is 0 Å². The van der Waals surface area contributed by atoms with Crippen LogP contribution in [-0.4, -0.2) is 17.9 Å². The van der Waals surface area contributed by atoms with Crippen LogP contribution in [0.3, 0.4) is 0 Å². The van der Waals surface area contributed by atoms with E-state index in [1.165, 1.54) is 0 Å². The minimum atomic E-state index is -0.375. The lowest BCUT2D eigenvalue weighted by Gasteiger charge is -2.26. The molecule has 3 heteroatoms. The van der Waals surface area contributed by atoms with E-state index in [2.05, 4.69) is 0 Å². The second-order valence-corrected chi connectivity index (χ2v) is 2.87. The lowest BCUT2D eigenvalue weighted by Crippen LogP contribution is -2.37. The molecule has 0 aromatic carbocycles. The van der Waals surface area contributed by atoms with Crippen LogP contribution in [-0.2, 0) is 14.3 Å². The predicted molar refractivity (Wildman–Crippen MR) is 39.0 cm³/mol. The number of Topliss-reactive ketones (excluding diaryl/α,β-unsaturated/α-hetero) is 1. The van der Waals surface area contributed by atoms with Crippen molar-refractivity contribution in [3.8, 4) is 0 Å². The van der Waals surface area contributed by atoms with E-state index in [4.69, 9.17) is 4.74 Å². The van der Waals surface area contributed by atoms with Gasteiger partial charge in [0.25, 0.3) is 0 Å². The van der Waals surface area contributed by atoms with Crippen LogP contribution < -0.4 is 0 Å². The van der Waals surface area contributed by atoms with E-state index in [1.54, 1.807) is 0 Å². The fraction of sp³-hybridized carbons (Fsp3) is 0.750. The SMILES string of the molecule is CC[C@H]1OC(=O)CC(=O)[C@H]1C. The molecule has 0 bridgehead atoms. The normalized spacial score (nSPS) is 31.8. The maximum Gasteiger partial charge on any atom is 0.313 e. The van der Waals surface area contributed by atoms with Crippen molar-refractivity contribution < 1.29 is 14.3 Å². The molecule has 1 heterocycles. The van der Waals surface area contributed by atoms with E-state index in [-0.39, 0.29) is 30.2 Å². The van der Waals surface area contributed by atoms with E-state index in [1.807, 2.05) is 13.8 Å². The lowest BCUT2D eigenvalue weighted by atomic mass is 9.93. The van der Waals surface area contributed by atoms with Crippen LogP contribution in [0.2, 0.25) is 0 Å². The third kappa shape index (κ3) is 1.59. The summed E-state index contributed by atoms with van der Waals surface area (Å²) in [6.07, 6.45) is 0.486. The van der Waals surface area contributed by atoms with Crippen molar-refractivity contribution in [2.45, 2.75) is 32.8 Å². The maximum atomic E-state index is 11.1. The van der Waals surface area contributed by atoms with E-state index in [9.17, 15) is 9.59 Å². The summed E-state index contributed by atoms with van der Waals surface area (Å²) in [5, 5.41) is 0. The van der Waals surface area contributed by atoms with Gasteiger partial charge in [-0.3, -0.25) is 9.59 Å². The minimum Gasteiger partial charge on any atom is -0.461 e. The summed E-state index contributed by atoms with van der Waals surface area (Å²) in [5.41, 5.74) is 0. The van der Waals surface area contributed by atoms with Gasteiger partial charge in [0.2, 0.25) is 0 Å². The van der Waals surface area contributed by atoms with Gasteiger partial charge in [0.15, 0.2) is 0 Å². The zero-order valence-electron chi connectivity index (χ0n) is 6.79. The average Bonchev–Trinajstić information content (AvgIpc) is 1.96. The zero-order chi connectivity index (χ0) is 8.43. The van der Waals surface area contributed by atoms with E-state index in [0.29, 0.717) is 0 Å². The number of hydrogen-bond acceptors (Lipinski definition) is 3. The molecule has 0 amide bonds. The molecule has 0 radical (unpaired) electrons. The molecular weight excluding hydrogens is 144 g/mol. The van der Waals surface area contributed by atoms with Gasteiger partial charge in [0, 0.05) is 0 Å². The molecule has 0 saturated carbocycles. The number of cyclic esters (lactones) is 1. The number of ketones is 1. The van der Waals surface area contributed by atoms with Gasteiger partial charge in [-0.05, 0) is 6.42 Å². The van der Waals surface area contributed by atoms with Crippen molar-refractivity contribution in [2.75, 3.05) is 0 Å². The lowest BCUT2D eigenvalue weighted by molar-refractivity contribution is -0.162. The molecule has 62 valence electrons. The van der Waals surface area contributed by atoms with Gasteiger partial charge in [0.05, 0.1) is 5.92 Å². The smallest absolute Gasteiger partial charge is 0.313 e. The third-order valence-electron chi connectivity index (χ3n) is 2.07. The molecule has 1 rings (SSSR count). The molecule has 0 N–H and O–H groups in total. The Morgan fingerprint density at radius 1 is 1.55 bits per heavy atom. The number of carbonyl (C=O) groups is 2. The molecule has 1 fully saturated rings. The van der Waals surface area contributed by atoms with Crippen molar-refractivity contribution in [1.82, 2.24) is 0 Å². The Hall–Kier alpha value is -0.860. The molecule has 3 nitrogen and oxygen atoms in total. The highest BCUT2D eigenvalue weighted by Crippen LogP contribution is 2.19. The Kier molecular flexibility index (Phi) is 2.27. The second-order valence-electron chi connectivity index (χ2n) is 2.87. The minimum absolute atomic E-state index is 0.00750. The quantitative estimate of drug-likeness (QED) is 0.418. The molecule has 1 aliphatic heterocycles.